The SMILES string of the molecule is CC(C)(C)c1cnc(COC(=O)c2cnn(-c3ccncc3)c2C(F)F)o1. The Morgan fingerprint density at radius 1 is 1.26 bits per heavy atom. The van der Waals surface area contributed by atoms with Gasteiger partial charge in [-0.25, -0.2) is 23.2 Å². The summed E-state index contributed by atoms with van der Waals surface area (Å²) in [4.78, 5) is 20.2. The zero-order valence-electron chi connectivity index (χ0n) is 15.0. The van der Waals surface area contributed by atoms with E-state index in [2.05, 4.69) is 15.1 Å². The van der Waals surface area contributed by atoms with Gasteiger partial charge in [0.1, 0.15) is 17.0 Å². The lowest BCUT2D eigenvalue weighted by molar-refractivity contribution is 0.0424. The molecule has 0 saturated carbocycles. The van der Waals surface area contributed by atoms with Crippen molar-refractivity contribution in [2.24, 2.45) is 0 Å². The van der Waals surface area contributed by atoms with Gasteiger partial charge in [-0.2, -0.15) is 5.10 Å². The molecule has 3 aromatic heterocycles. The molecule has 0 amide bonds. The first-order valence-corrected chi connectivity index (χ1v) is 8.16. The van der Waals surface area contributed by atoms with E-state index in [1.807, 2.05) is 20.8 Å². The quantitative estimate of drug-likeness (QED) is 0.629. The molecule has 0 N–H and O–H groups in total. The van der Waals surface area contributed by atoms with Crippen molar-refractivity contribution in [2.75, 3.05) is 0 Å². The second kappa shape index (κ2) is 7.26. The summed E-state index contributed by atoms with van der Waals surface area (Å²) in [5.74, 6) is -0.109. The van der Waals surface area contributed by atoms with Crippen molar-refractivity contribution in [1.82, 2.24) is 19.7 Å². The molecular weight excluding hydrogens is 358 g/mol. The van der Waals surface area contributed by atoms with Crippen molar-refractivity contribution in [3.05, 3.63) is 59.8 Å². The minimum absolute atomic E-state index is 0.188. The van der Waals surface area contributed by atoms with E-state index in [4.69, 9.17) is 9.15 Å². The van der Waals surface area contributed by atoms with Crippen LogP contribution >= 0.6 is 0 Å². The zero-order valence-corrected chi connectivity index (χ0v) is 15.0. The van der Waals surface area contributed by atoms with E-state index < -0.39 is 18.1 Å². The number of alkyl halides is 2. The van der Waals surface area contributed by atoms with Gasteiger partial charge >= 0.3 is 5.97 Å². The lowest BCUT2D eigenvalue weighted by Crippen LogP contribution is -2.11. The highest BCUT2D eigenvalue weighted by Gasteiger charge is 2.27. The van der Waals surface area contributed by atoms with E-state index in [9.17, 15) is 13.6 Å². The third kappa shape index (κ3) is 4.02. The van der Waals surface area contributed by atoms with Crippen LogP contribution in [0.5, 0.6) is 0 Å². The van der Waals surface area contributed by atoms with Crippen LogP contribution in [0.15, 0.2) is 41.3 Å². The predicted molar refractivity (Wildman–Crippen MR) is 90.6 cm³/mol. The average molecular weight is 376 g/mol. The fourth-order valence-electron chi connectivity index (χ4n) is 2.34. The Morgan fingerprint density at radius 3 is 2.56 bits per heavy atom. The summed E-state index contributed by atoms with van der Waals surface area (Å²) in [6.07, 6.45) is 2.58. The van der Waals surface area contributed by atoms with Crippen LogP contribution < -0.4 is 0 Å². The molecule has 7 nitrogen and oxygen atoms in total. The van der Waals surface area contributed by atoms with Gasteiger partial charge in [0, 0.05) is 17.8 Å². The molecule has 27 heavy (non-hydrogen) atoms. The smallest absolute Gasteiger partial charge is 0.342 e. The van der Waals surface area contributed by atoms with Crippen LogP contribution in [0, 0.1) is 0 Å². The van der Waals surface area contributed by atoms with Crippen molar-refractivity contribution >= 4 is 5.97 Å². The molecule has 0 fully saturated rings. The van der Waals surface area contributed by atoms with Crippen molar-refractivity contribution in [3.63, 3.8) is 0 Å². The van der Waals surface area contributed by atoms with E-state index in [0.29, 0.717) is 11.4 Å². The summed E-state index contributed by atoms with van der Waals surface area (Å²) in [5.41, 5.74) is -0.746. The van der Waals surface area contributed by atoms with Crippen LogP contribution in [0.1, 0.15) is 54.9 Å². The summed E-state index contributed by atoms with van der Waals surface area (Å²) < 4.78 is 38.7. The second-order valence-electron chi connectivity index (χ2n) is 6.81. The molecule has 3 heterocycles. The van der Waals surface area contributed by atoms with Crippen LogP contribution in [0.2, 0.25) is 0 Å². The Morgan fingerprint density at radius 2 is 1.96 bits per heavy atom. The number of carbonyl (C=O) groups excluding carboxylic acids is 1. The Kier molecular flexibility index (Phi) is 5.02. The van der Waals surface area contributed by atoms with Crippen LogP contribution in [0.25, 0.3) is 5.69 Å². The first-order chi connectivity index (χ1) is 12.8. The number of carbonyl (C=O) groups is 1. The second-order valence-corrected chi connectivity index (χ2v) is 6.81. The molecule has 0 spiro atoms. The number of hydrogen-bond donors (Lipinski definition) is 0. The van der Waals surface area contributed by atoms with Gasteiger partial charge in [-0.3, -0.25) is 4.98 Å². The number of hydrogen-bond acceptors (Lipinski definition) is 6. The Bertz CT molecular complexity index is 930. The number of nitrogens with zero attached hydrogens (tertiary/aromatic N) is 4. The van der Waals surface area contributed by atoms with Gasteiger partial charge in [-0.15, -0.1) is 0 Å². The number of pyridine rings is 1. The first kappa shape index (κ1) is 18.7. The summed E-state index contributed by atoms with van der Waals surface area (Å²) >= 11 is 0. The molecule has 9 heteroatoms. The lowest BCUT2D eigenvalue weighted by atomic mass is 9.94. The van der Waals surface area contributed by atoms with Crippen LogP contribution in [0.3, 0.4) is 0 Å². The van der Waals surface area contributed by atoms with Crippen LogP contribution in [0.4, 0.5) is 8.78 Å². The normalized spacial score (nSPS) is 11.8. The van der Waals surface area contributed by atoms with Crippen molar-refractivity contribution in [3.8, 4) is 5.69 Å². The molecular formula is C18H18F2N4O3. The monoisotopic (exact) mass is 376 g/mol. The minimum Gasteiger partial charge on any atom is -0.452 e. The molecule has 0 aliphatic rings. The first-order valence-electron chi connectivity index (χ1n) is 8.16. The Balaban J connectivity index is 1.79. The molecule has 0 saturated heterocycles. The van der Waals surface area contributed by atoms with Gasteiger partial charge in [0.2, 0.25) is 5.89 Å². The standard InChI is InChI=1S/C18H18F2N4O3/c1-18(2,3)13-9-22-14(27-13)10-26-17(25)12-8-23-24(15(12)16(19)20)11-4-6-21-7-5-11/h4-9,16H,10H2,1-3H3. The zero-order chi connectivity index (χ0) is 19.6. The maximum atomic E-state index is 13.6. The van der Waals surface area contributed by atoms with Crippen molar-refractivity contribution < 1.29 is 22.7 Å². The van der Waals surface area contributed by atoms with E-state index in [0.717, 1.165) is 10.9 Å². The fourth-order valence-corrected chi connectivity index (χ4v) is 2.34. The molecule has 0 aliphatic carbocycles. The summed E-state index contributed by atoms with van der Waals surface area (Å²) in [6.45, 7) is 5.58. The van der Waals surface area contributed by atoms with Crippen LogP contribution in [-0.2, 0) is 16.8 Å². The molecule has 142 valence electrons. The van der Waals surface area contributed by atoms with Crippen molar-refractivity contribution in [1.29, 1.82) is 0 Å². The van der Waals surface area contributed by atoms with Gasteiger partial charge in [0.15, 0.2) is 6.61 Å². The van der Waals surface area contributed by atoms with Gasteiger partial charge in [-0.1, -0.05) is 20.8 Å². The molecule has 0 aliphatic heterocycles. The molecule has 0 bridgehead atoms. The maximum Gasteiger partial charge on any atom is 0.342 e. The number of ether oxygens (including phenoxy) is 1. The van der Waals surface area contributed by atoms with Gasteiger partial charge in [0.25, 0.3) is 6.43 Å². The van der Waals surface area contributed by atoms with Gasteiger partial charge in [-0.05, 0) is 12.1 Å². The lowest BCUT2D eigenvalue weighted by Gasteiger charge is -2.13. The highest BCUT2D eigenvalue weighted by molar-refractivity contribution is 5.90. The van der Waals surface area contributed by atoms with Crippen molar-refractivity contribution in [2.45, 2.75) is 39.2 Å². The number of esters is 1. The Labute approximate surface area is 154 Å². The van der Waals surface area contributed by atoms with Crippen LogP contribution in [-0.4, -0.2) is 25.7 Å². The highest BCUT2D eigenvalue weighted by Crippen LogP contribution is 2.27. The van der Waals surface area contributed by atoms with E-state index in [1.54, 1.807) is 6.20 Å². The summed E-state index contributed by atoms with van der Waals surface area (Å²) in [6, 6.07) is 3.02. The topological polar surface area (TPSA) is 83.0 Å². The fraction of sp³-hybridized carbons (Fsp3) is 0.333. The number of aromatic nitrogens is 4. The van der Waals surface area contributed by atoms with E-state index in [1.165, 1.54) is 24.5 Å². The predicted octanol–water partition coefficient (Wildman–Crippen LogP) is 3.85. The van der Waals surface area contributed by atoms with E-state index in [-0.39, 0.29) is 23.5 Å². The number of rotatable bonds is 5. The van der Waals surface area contributed by atoms with E-state index >= 15 is 0 Å². The summed E-state index contributed by atoms with van der Waals surface area (Å²) in [7, 11) is 0. The van der Waals surface area contributed by atoms with Gasteiger partial charge in [0.05, 0.1) is 18.1 Å². The minimum atomic E-state index is -2.92. The molecule has 0 radical (unpaired) electrons. The number of oxazole rings is 1. The molecule has 0 unspecified atom stereocenters. The Hall–Kier alpha value is -3.10. The third-order valence-corrected chi connectivity index (χ3v) is 3.76. The molecule has 3 rings (SSSR count). The maximum absolute atomic E-state index is 13.6. The number of halogens is 2. The molecule has 0 aromatic carbocycles. The summed E-state index contributed by atoms with van der Waals surface area (Å²) in [5, 5.41) is 3.89. The third-order valence-electron chi connectivity index (χ3n) is 3.76. The van der Waals surface area contributed by atoms with Gasteiger partial charge < -0.3 is 9.15 Å². The molecule has 3 aromatic rings. The highest BCUT2D eigenvalue weighted by atomic mass is 19.3. The molecule has 0 atom stereocenters. The largest absolute Gasteiger partial charge is 0.452 e. The average Bonchev–Trinajstić information content (AvgIpc) is 3.27.